The lowest BCUT2D eigenvalue weighted by molar-refractivity contribution is 0.452. The van der Waals surface area contributed by atoms with Crippen LogP contribution >= 0.6 is 11.8 Å². The number of rotatable bonds is 3. The molecule has 1 saturated carbocycles. The second kappa shape index (κ2) is 4.96. The van der Waals surface area contributed by atoms with Gasteiger partial charge in [0.15, 0.2) is 5.17 Å². The third kappa shape index (κ3) is 2.55. The molecule has 0 radical (unpaired) electrons. The van der Waals surface area contributed by atoms with Gasteiger partial charge in [0.2, 0.25) is 0 Å². The third-order valence-electron chi connectivity index (χ3n) is 3.76. The maximum absolute atomic E-state index is 4.65. The quantitative estimate of drug-likeness (QED) is 0.910. The fraction of sp³-hybridized carbons (Fsp3) is 0.692. The summed E-state index contributed by atoms with van der Waals surface area (Å²) in [5, 5.41) is 9.05. The van der Waals surface area contributed by atoms with Crippen LogP contribution in [0.1, 0.15) is 31.2 Å². The highest BCUT2D eigenvalue weighted by molar-refractivity contribution is 8.14. The zero-order chi connectivity index (χ0) is 12.4. The van der Waals surface area contributed by atoms with E-state index in [0.29, 0.717) is 5.54 Å². The number of nitrogens with zero attached hydrogens (tertiary/aromatic N) is 3. The molecule has 1 spiro atoms. The average molecular weight is 264 g/mol. The molecule has 0 bridgehead atoms. The van der Waals surface area contributed by atoms with E-state index in [4.69, 9.17) is 0 Å². The molecule has 18 heavy (non-hydrogen) atoms. The summed E-state index contributed by atoms with van der Waals surface area (Å²) in [5.41, 5.74) is 1.59. The van der Waals surface area contributed by atoms with E-state index in [1.165, 1.54) is 37.0 Å². The van der Waals surface area contributed by atoms with Crippen molar-refractivity contribution in [2.45, 2.75) is 44.7 Å². The van der Waals surface area contributed by atoms with E-state index in [-0.39, 0.29) is 0 Å². The molecule has 0 atom stereocenters. The van der Waals surface area contributed by atoms with Crippen molar-refractivity contribution in [3.05, 3.63) is 18.0 Å². The summed E-state index contributed by atoms with van der Waals surface area (Å²) < 4.78 is 1.96. The van der Waals surface area contributed by atoms with Crippen LogP contribution in [0.5, 0.6) is 0 Å². The van der Waals surface area contributed by atoms with Gasteiger partial charge < -0.3 is 5.32 Å². The lowest BCUT2D eigenvalue weighted by atomic mass is 10.0. The second-order valence-electron chi connectivity index (χ2n) is 5.37. The van der Waals surface area contributed by atoms with Crippen LogP contribution in [0.3, 0.4) is 0 Å². The van der Waals surface area contributed by atoms with Crippen molar-refractivity contribution in [2.24, 2.45) is 4.99 Å². The molecule has 1 aliphatic carbocycles. The minimum atomic E-state index is 0.381. The number of aryl methyl sites for hydroxylation is 1. The molecule has 4 nitrogen and oxygen atoms in total. The molecule has 1 aromatic heterocycles. The minimum absolute atomic E-state index is 0.381. The van der Waals surface area contributed by atoms with Gasteiger partial charge in [0.25, 0.3) is 0 Å². The Hall–Kier alpha value is -0.970. The van der Waals surface area contributed by atoms with E-state index in [1.807, 2.05) is 22.6 Å². The van der Waals surface area contributed by atoms with Crippen molar-refractivity contribution in [3.63, 3.8) is 0 Å². The fourth-order valence-corrected chi connectivity index (χ4v) is 4.00. The van der Waals surface area contributed by atoms with Crippen LogP contribution in [0.4, 0.5) is 0 Å². The van der Waals surface area contributed by atoms with Crippen molar-refractivity contribution in [1.82, 2.24) is 15.1 Å². The Bertz CT molecular complexity index is 446. The molecule has 1 aromatic rings. The summed E-state index contributed by atoms with van der Waals surface area (Å²) in [6.07, 6.45) is 9.33. The third-order valence-corrected chi connectivity index (χ3v) is 4.97. The van der Waals surface area contributed by atoms with E-state index < -0.39 is 0 Å². The van der Waals surface area contributed by atoms with E-state index in [0.717, 1.165) is 18.3 Å². The number of hydrogen-bond donors (Lipinski definition) is 1. The maximum atomic E-state index is 4.65. The lowest BCUT2D eigenvalue weighted by Gasteiger charge is -2.21. The Labute approximate surface area is 112 Å². The van der Waals surface area contributed by atoms with Gasteiger partial charge in [-0.25, -0.2) is 0 Å². The van der Waals surface area contributed by atoms with Crippen molar-refractivity contribution in [2.75, 3.05) is 12.3 Å². The highest BCUT2D eigenvalue weighted by Crippen LogP contribution is 2.37. The zero-order valence-electron chi connectivity index (χ0n) is 10.9. The Balaban J connectivity index is 1.52. The normalized spacial score (nSPS) is 23.9. The largest absolute Gasteiger partial charge is 0.359 e. The van der Waals surface area contributed by atoms with Crippen LogP contribution in [-0.4, -0.2) is 32.8 Å². The first-order chi connectivity index (χ1) is 8.76. The Morgan fingerprint density at radius 2 is 2.33 bits per heavy atom. The molecular weight excluding hydrogens is 244 g/mol. The molecule has 1 saturated heterocycles. The van der Waals surface area contributed by atoms with Crippen LogP contribution in [0, 0.1) is 6.92 Å². The smallest absolute Gasteiger partial charge is 0.157 e. The van der Waals surface area contributed by atoms with Gasteiger partial charge in [0.1, 0.15) is 0 Å². The van der Waals surface area contributed by atoms with E-state index in [2.05, 4.69) is 28.5 Å². The first-order valence-corrected chi connectivity index (χ1v) is 7.69. The zero-order valence-corrected chi connectivity index (χ0v) is 11.7. The molecule has 98 valence electrons. The SMILES string of the molecule is Cc1cnn(CCN=C2NC3(CCCC3)CS2)c1. The van der Waals surface area contributed by atoms with Crippen LogP contribution in [0.2, 0.25) is 0 Å². The summed E-state index contributed by atoms with van der Waals surface area (Å²) in [6.45, 7) is 3.74. The van der Waals surface area contributed by atoms with Gasteiger partial charge in [0, 0.05) is 17.5 Å². The molecule has 0 amide bonds. The van der Waals surface area contributed by atoms with Gasteiger partial charge in [-0.05, 0) is 25.3 Å². The van der Waals surface area contributed by atoms with Gasteiger partial charge >= 0.3 is 0 Å². The molecule has 1 N–H and O–H groups in total. The number of thioether (sulfide) groups is 1. The van der Waals surface area contributed by atoms with Gasteiger partial charge in [-0.2, -0.15) is 5.10 Å². The van der Waals surface area contributed by atoms with E-state index in [1.54, 1.807) is 0 Å². The lowest BCUT2D eigenvalue weighted by Crippen LogP contribution is -2.40. The van der Waals surface area contributed by atoms with Crippen LogP contribution in [0.15, 0.2) is 17.4 Å². The topological polar surface area (TPSA) is 42.2 Å². The number of nitrogens with one attached hydrogen (secondary N) is 1. The molecule has 2 aliphatic rings. The highest BCUT2D eigenvalue weighted by Gasteiger charge is 2.39. The van der Waals surface area contributed by atoms with Crippen molar-refractivity contribution in [1.29, 1.82) is 0 Å². The number of aliphatic imine (C=N–C) groups is 1. The molecule has 0 unspecified atom stereocenters. The predicted molar refractivity (Wildman–Crippen MR) is 76.1 cm³/mol. The molecule has 2 heterocycles. The maximum Gasteiger partial charge on any atom is 0.157 e. The van der Waals surface area contributed by atoms with Crippen LogP contribution < -0.4 is 5.32 Å². The minimum Gasteiger partial charge on any atom is -0.359 e. The number of hydrogen-bond acceptors (Lipinski definition) is 3. The van der Waals surface area contributed by atoms with Crippen molar-refractivity contribution >= 4 is 16.9 Å². The van der Waals surface area contributed by atoms with E-state index >= 15 is 0 Å². The van der Waals surface area contributed by atoms with Crippen molar-refractivity contribution in [3.8, 4) is 0 Å². The predicted octanol–water partition coefficient (Wildman–Crippen LogP) is 2.20. The molecule has 2 fully saturated rings. The molecule has 5 heteroatoms. The molecular formula is C13H20N4S. The monoisotopic (exact) mass is 264 g/mol. The Kier molecular flexibility index (Phi) is 3.33. The first kappa shape index (κ1) is 12.1. The highest BCUT2D eigenvalue weighted by atomic mass is 32.2. The summed E-state index contributed by atoms with van der Waals surface area (Å²) in [6, 6.07) is 0. The Morgan fingerprint density at radius 3 is 3.06 bits per heavy atom. The summed E-state index contributed by atoms with van der Waals surface area (Å²) in [7, 11) is 0. The van der Waals surface area contributed by atoms with Gasteiger partial charge in [0.05, 0.1) is 19.3 Å². The number of aromatic nitrogens is 2. The van der Waals surface area contributed by atoms with Crippen molar-refractivity contribution < 1.29 is 0 Å². The van der Waals surface area contributed by atoms with Crippen LogP contribution in [0.25, 0.3) is 0 Å². The molecule has 0 aromatic carbocycles. The second-order valence-corrected chi connectivity index (χ2v) is 6.33. The Morgan fingerprint density at radius 1 is 1.50 bits per heavy atom. The van der Waals surface area contributed by atoms with Gasteiger partial charge in [-0.15, -0.1) is 0 Å². The van der Waals surface area contributed by atoms with Crippen LogP contribution in [-0.2, 0) is 6.54 Å². The fourth-order valence-electron chi connectivity index (χ4n) is 2.76. The standard InChI is InChI=1S/C13H20N4S/c1-11-8-15-17(9-11)7-6-14-12-16-13(10-18-12)4-2-3-5-13/h8-9H,2-7,10H2,1H3,(H,14,16). The number of amidine groups is 1. The first-order valence-electron chi connectivity index (χ1n) is 6.70. The van der Waals surface area contributed by atoms with Gasteiger partial charge in [-0.3, -0.25) is 9.67 Å². The molecule has 1 aliphatic heterocycles. The summed E-state index contributed by atoms with van der Waals surface area (Å²) in [4.78, 5) is 4.65. The summed E-state index contributed by atoms with van der Waals surface area (Å²) >= 11 is 1.89. The molecule has 3 rings (SSSR count). The average Bonchev–Trinajstić information content (AvgIpc) is 3.05. The summed E-state index contributed by atoms with van der Waals surface area (Å²) in [5.74, 6) is 1.20. The van der Waals surface area contributed by atoms with E-state index in [9.17, 15) is 0 Å². The van der Waals surface area contributed by atoms with Gasteiger partial charge in [-0.1, -0.05) is 24.6 Å².